The molecule has 2 nitrogen and oxygen atoms in total. The van der Waals surface area contributed by atoms with E-state index >= 15 is 0 Å². The summed E-state index contributed by atoms with van der Waals surface area (Å²) in [6.07, 6.45) is 6.11. The molecule has 0 radical (unpaired) electrons. The third-order valence-electron chi connectivity index (χ3n) is 7.57. The standard InChI is InChI=1S/C25H33NOS/c1-17(2)19-9-8-18-10-11-22-24(3,12-6-13-25(22,4)20(18)15-19)16-26-23(27)21-7-5-14-28-21/h5,7-9,14-15,17,22H,6,10-13,16H2,1-4H3,(H,26,27)/t22-,24-,25-/m0/s1. The van der Waals surface area contributed by atoms with E-state index in [1.807, 2.05) is 17.5 Å². The first-order valence-electron chi connectivity index (χ1n) is 10.8. The topological polar surface area (TPSA) is 29.1 Å². The van der Waals surface area contributed by atoms with Crippen molar-refractivity contribution in [2.75, 3.05) is 6.54 Å². The van der Waals surface area contributed by atoms with Crippen LogP contribution >= 0.6 is 11.3 Å². The number of rotatable bonds is 4. The average Bonchev–Trinajstić information content (AvgIpc) is 3.20. The minimum absolute atomic E-state index is 0.0850. The number of carbonyl (C=O) groups excluding carboxylic acids is 1. The summed E-state index contributed by atoms with van der Waals surface area (Å²) in [4.78, 5) is 13.4. The maximum Gasteiger partial charge on any atom is 0.261 e. The number of carbonyl (C=O) groups is 1. The quantitative estimate of drug-likeness (QED) is 0.645. The Morgan fingerprint density at radius 2 is 2.07 bits per heavy atom. The first kappa shape index (κ1) is 19.7. The molecule has 0 spiro atoms. The monoisotopic (exact) mass is 395 g/mol. The second kappa shape index (κ2) is 7.33. The van der Waals surface area contributed by atoms with E-state index in [4.69, 9.17) is 0 Å². The van der Waals surface area contributed by atoms with Crippen LogP contribution < -0.4 is 5.32 Å². The Balaban J connectivity index is 1.61. The van der Waals surface area contributed by atoms with Crippen molar-refractivity contribution >= 4 is 17.2 Å². The molecule has 0 aliphatic heterocycles. The van der Waals surface area contributed by atoms with Gasteiger partial charge in [-0.05, 0) is 76.5 Å². The van der Waals surface area contributed by atoms with Gasteiger partial charge in [0.15, 0.2) is 0 Å². The molecule has 0 unspecified atom stereocenters. The van der Waals surface area contributed by atoms with E-state index in [-0.39, 0.29) is 16.7 Å². The summed E-state index contributed by atoms with van der Waals surface area (Å²) >= 11 is 1.52. The van der Waals surface area contributed by atoms with Gasteiger partial charge in [0, 0.05) is 6.54 Å². The summed E-state index contributed by atoms with van der Waals surface area (Å²) < 4.78 is 0. The summed E-state index contributed by atoms with van der Waals surface area (Å²) in [5.74, 6) is 1.27. The van der Waals surface area contributed by atoms with E-state index in [1.165, 1.54) is 49.0 Å². The van der Waals surface area contributed by atoms with Gasteiger partial charge in [-0.1, -0.05) is 58.4 Å². The predicted molar refractivity (Wildman–Crippen MR) is 118 cm³/mol. The van der Waals surface area contributed by atoms with Gasteiger partial charge in [-0.15, -0.1) is 11.3 Å². The van der Waals surface area contributed by atoms with Gasteiger partial charge in [-0.25, -0.2) is 0 Å². The summed E-state index contributed by atoms with van der Waals surface area (Å²) in [5.41, 5.74) is 4.98. The fourth-order valence-electron chi connectivity index (χ4n) is 5.96. The Morgan fingerprint density at radius 1 is 1.25 bits per heavy atom. The second-order valence-corrected chi connectivity index (χ2v) is 10.7. The van der Waals surface area contributed by atoms with Crippen LogP contribution in [0.2, 0.25) is 0 Å². The van der Waals surface area contributed by atoms with Crippen LogP contribution in [-0.2, 0) is 11.8 Å². The predicted octanol–water partition coefficient (Wildman–Crippen LogP) is 6.31. The number of hydrogen-bond donors (Lipinski definition) is 1. The lowest BCUT2D eigenvalue weighted by Gasteiger charge is -2.55. The van der Waals surface area contributed by atoms with Crippen molar-refractivity contribution in [3.05, 3.63) is 57.3 Å². The van der Waals surface area contributed by atoms with Crippen LogP contribution in [0.25, 0.3) is 0 Å². The molecule has 0 bridgehead atoms. The fourth-order valence-corrected chi connectivity index (χ4v) is 6.60. The molecule has 2 aliphatic rings. The van der Waals surface area contributed by atoms with Crippen LogP contribution in [0.1, 0.15) is 85.7 Å². The highest BCUT2D eigenvalue weighted by molar-refractivity contribution is 7.12. The second-order valence-electron chi connectivity index (χ2n) is 9.75. The number of thiophene rings is 1. The van der Waals surface area contributed by atoms with Gasteiger partial charge in [0.05, 0.1) is 4.88 Å². The molecule has 28 heavy (non-hydrogen) atoms. The van der Waals surface area contributed by atoms with Crippen LogP contribution in [0.5, 0.6) is 0 Å². The van der Waals surface area contributed by atoms with Crippen LogP contribution in [0, 0.1) is 11.3 Å². The van der Waals surface area contributed by atoms with Crippen molar-refractivity contribution in [3.63, 3.8) is 0 Å². The highest BCUT2D eigenvalue weighted by atomic mass is 32.1. The number of hydrogen-bond acceptors (Lipinski definition) is 2. The van der Waals surface area contributed by atoms with Gasteiger partial charge in [0.2, 0.25) is 0 Å². The SMILES string of the molecule is CC(C)c1ccc2c(c1)[C@]1(C)CCC[C@@](C)(CNC(=O)c3cccs3)[C@@H]1CC2. The van der Waals surface area contributed by atoms with Crippen molar-refractivity contribution in [3.8, 4) is 0 Å². The number of aryl methyl sites for hydroxylation is 1. The zero-order chi connectivity index (χ0) is 19.9. The zero-order valence-corrected chi connectivity index (χ0v) is 18.5. The van der Waals surface area contributed by atoms with Gasteiger partial charge in [-0.2, -0.15) is 0 Å². The van der Waals surface area contributed by atoms with Crippen molar-refractivity contribution in [2.24, 2.45) is 11.3 Å². The molecule has 2 aliphatic carbocycles. The van der Waals surface area contributed by atoms with Crippen molar-refractivity contribution in [1.29, 1.82) is 0 Å². The first-order chi connectivity index (χ1) is 13.3. The molecule has 150 valence electrons. The molecular formula is C25H33NOS. The van der Waals surface area contributed by atoms with E-state index in [2.05, 4.69) is 51.2 Å². The molecule has 2 aromatic rings. The van der Waals surface area contributed by atoms with E-state index in [0.717, 1.165) is 11.4 Å². The summed E-state index contributed by atoms with van der Waals surface area (Å²) in [6, 6.07) is 11.1. The molecule has 3 atom stereocenters. The molecule has 1 amide bonds. The molecule has 1 aromatic carbocycles. The number of benzene rings is 1. The van der Waals surface area contributed by atoms with E-state index in [1.54, 1.807) is 11.1 Å². The Hall–Kier alpha value is -1.61. The molecular weight excluding hydrogens is 362 g/mol. The summed E-state index contributed by atoms with van der Waals surface area (Å²) in [7, 11) is 0. The van der Waals surface area contributed by atoms with Crippen LogP contribution in [0.4, 0.5) is 0 Å². The Morgan fingerprint density at radius 3 is 2.79 bits per heavy atom. The molecule has 1 heterocycles. The first-order valence-corrected chi connectivity index (χ1v) is 11.7. The summed E-state index contributed by atoms with van der Waals surface area (Å²) in [6.45, 7) is 10.3. The van der Waals surface area contributed by atoms with E-state index in [9.17, 15) is 4.79 Å². The Bertz CT molecular complexity index is 855. The third kappa shape index (κ3) is 3.32. The van der Waals surface area contributed by atoms with Crippen molar-refractivity contribution in [1.82, 2.24) is 5.32 Å². The molecule has 1 fully saturated rings. The van der Waals surface area contributed by atoms with Crippen molar-refractivity contribution in [2.45, 2.75) is 71.1 Å². The molecule has 0 saturated heterocycles. The molecule has 4 rings (SSSR count). The molecule has 1 N–H and O–H groups in total. The van der Waals surface area contributed by atoms with E-state index in [0.29, 0.717) is 11.8 Å². The zero-order valence-electron chi connectivity index (χ0n) is 17.7. The normalized spacial score (nSPS) is 29.2. The van der Waals surface area contributed by atoms with Crippen LogP contribution in [-0.4, -0.2) is 12.5 Å². The van der Waals surface area contributed by atoms with Crippen LogP contribution in [0.15, 0.2) is 35.7 Å². The summed E-state index contributed by atoms with van der Waals surface area (Å²) in [5, 5.41) is 5.24. The number of amides is 1. The lowest BCUT2D eigenvalue weighted by molar-refractivity contribution is 0.0254. The van der Waals surface area contributed by atoms with Crippen molar-refractivity contribution < 1.29 is 4.79 Å². The lowest BCUT2D eigenvalue weighted by atomic mass is 9.49. The van der Waals surface area contributed by atoms with Gasteiger partial charge >= 0.3 is 0 Å². The molecule has 1 saturated carbocycles. The molecule has 3 heteroatoms. The van der Waals surface area contributed by atoms with E-state index < -0.39 is 0 Å². The fraction of sp³-hybridized carbons (Fsp3) is 0.560. The largest absolute Gasteiger partial charge is 0.351 e. The average molecular weight is 396 g/mol. The van der Waals surface area contributed by atoms with Gasteiger partial charge in [0.25, 0.3) is 5.91 Å². The number of nitrogens with one attached hydrogen (secondary N) is 1. The minimum Gasteiger partial charge on any atom is -0.351 e. The highest BCUT2D eigenvalue weighted by Crippen LogP contribution is 2.57. The smallest absolute Gasteiger partial charge is 0.261 e. The third-order valence-corrected chi connectivity index (χ3v) is 8.44. The Kier molecular flexibility index (Phi) is 5.16. The van der Waals surface area contributed by atoms with Gasteiger partial charge in [-0.3, -0.25) is 4.79 Å². The Labute approximate surface area is 173 Å². The lowest BCUT2D eigenvalue weighted by Crippen LogP contribution is -2.53. The maximum atomic E-state index is 12.5. The minimum atomic E-state index is 0.0850. The highest BCUT2D eigenvalue weighted by Gasteiger charge is 2.51. The van der Waals surface area contributed by atoms with Gasteiger partial charge < -0.3 is 5.32 Å². The van der Waals surface area contributed by atoms with Crippen LogP contribution in [0.3, 0.4) is 0 Å². The molecule has 1 aromatic heterocycles. The number of fused-ring (bicyclic) bond motifs is 3. The van der Waals surface area contributed by atoms with Gasteiger partial charge in [0.1, 0.15) is 0 Å². The maximum absolute atomic E-state index is 12.5.